The van der Waals surface area contributed by atoms with Crippen molar-refractivity contribution < 1.29 is 58.8 Å². The largest absolute Gasteiger partial charge is 3.00 e. The van der Waals surface area contributed by atoms with Crippen LogP contribution in [0.25, 0.3) is 0 Å². The molecule has 104 valence electrons. The molecule has 0 bridgehead atoms. The van der Waals surface area contributed by atoms with Crippen LogP contribution in [0.5, 0.6) is 0 Å². The third-order valence-electron chi connectivity index (χ3n) is 0.583. The second-order valence-corrected chi connectivity index (χ2v) is 7.39. The van der Waals surface area contributed by atoms with Gasteiger partial charge in [0.15, 0.2) is 0 Å². The summed E-state index contributed by atoms with van der Waals surface area (Å²) in [5, 5.41) is 0. The summed E-state index contributed by atoms with van der Waals surface area (Å²) in [4.78, 5) is 40.4. The van der Waals surface area contributed by atoms with E-state index in [1.807, 2.05) is 0 Å². The maximum absolute atomic E-state index is 10.4. The Morgan fingerprint density at radius 3 is 1.47 bits per heavy atom. The molecule has 0 aliphatic heterocycles. The number of phosphoric acid groups is 3. The number of hydrogen-bond donors (Lipinski definition) is 0. The van der Waals surface area contributed by atoms with Gasteiger partial charge in [0.05, 0.1) is 7.82 Å². The molecule has 0 fully saturated rings. The summed E-state index contributed by atoms with van der Waals surface area (Å²) in [7, 11) is -24.6. The smallest absolute Gasteiger partial charge is 0.790 e. The maximum atomic E-state index is 10.4. The molecule has 0 saturated carbocycles. The summed E-state index contributed by atoms with van der Waals surface area (Å²) in [5.74, 6) is 0. The molecule has 0 radical (unpaired) electrons. The first kappa shape index (κ1) is 25.6. The molecular formula is AlMgO13P3S. The van der Waals surface area contributed by atoms with Crippen LogP contribution in [0, 0.1) is 0 Å². The minimum Gasteiger partial charge on any atom is -0.790 e. The van der Waals surface area contributed by atoms with Crippen molar-refractivity contribution in [2.24, 2.45) is 0 Å². The van der Waals surface area contributed by atoms with E-state index in [1.165, 1.54) is 0 Å². The molecule has 0 aromatic heterocycles. The third-order valence-corrected chi connectivity index (χ3v) is 5.24. The molecule has 0 aliphatic rings. The molecule has 0 amide bonds. The molecule has 0 rings (SSSR count). The van der Waals surface area contributed by atoms with Crippen LogP contribution in [0.3, 0.4) is 0 Å². The SMILES string of the molecule is O=P([O-])([O-])OP(=O)([O-])OP(=O)([O-])OS(=O)(=O)[O-].[Al+3].[Mg+2]. The fourth-order valence-electron chi connectivity index (χ4n) is 0.385. The van der Waals surface area contributed by atoms with Gasteiger partial charge in [-0.1, -0.05) is 0 Å². The van der Waals surface area contributed by atoms with Crippen molar-refractivity contribution in [2.45, 2.75) is 0 Å². The summed E-state index contributed by atoms with van der Waals surface area (Å²) in [6.07, 6.45) is 0. The van der Waals surface area contributed by atoms with E-state index in [0.717, 1.165) is 0 Å². The quantitative estimate of drug-likeness (QED) is 0.182. The van der Waals surface area contributed by atoms with E-state index in [2.05, 4.69) is 12.6 Å². The molecule has 2 atom stereocenters. The maximum Gasteiger partial charge on any atom is 3.00 e. The van der Waals surface area contributed by atoms with E-state index in [4.69, 9.17) is 0 Å². The van der Waals surface area contributed by atoms with Crippen molar-refractivity contribution in [3.05, 3.63) is 0 Å². The first-order valence-electron chi connectivity index (χ1n) is 2.86. The van der Waals surface area contributed by atoms with Gasteiger partial charge in [0.2, 0.25) is 10.4 Å². The molecule has 0 aromatic rings. The Labute approximate surface area is 133 Å². The van der Waals surface area contributed by atoms with E-state index in [9.17, 15) is 46.2 Å². The average molecular weight is 384 g/mol. The van der Waals surface area contributed by atoms with Gasteiger partial charge in [0.1, 0.15) is 0 Å². The molecule has 0 aliphatic carbocycles. The summed E-state index contributed by atoms with van der Waals surface area (Å²) >= 11 is 0. The van der Waals surface area contributed by atoms with Crippen LogP contribution in [-0.4, -0.2) is 53.4 Å². The summed E-state index contributed by atoms with van der Waals surface area (Å²) in [6, 6.07) is 0. The van der Waals surface area contributed by atoms with Gasteiger partial charge in [0.25, 0.3) is 15.6 Å². The summed E-state index contributed by atoms with van der Waals surface area (Å²) in [5.41, 5.74) is 0. The normalized spacial score (nSPS) is 18.4. The summed E-state index contributed by atoms with van der Waals surface area (Å²) < 4.78 is 68.0. The van der Waals surface area contributed by atoms with Crippen molar-refractivity contribution in [1.29, 1.82) is 0 Å². The van der Waals surface area contributed by atoms with Gasteiger partial charge in [0, 0.05) is 0 Å². The molecule has 13 nitrogen and oxygen atoms in total. The first-order chi connectivity index (χ1) is 7.12. The van der Waals surface area contributed by atoms with E-state index in [0.29, 0.717) is 0 Å². The Hall–Kier alpha value is 1.62. The van der Waals surface area contributed by atoms with Crippen molar-refractivity contribution in [3.8, 4) is 0 Å². The van der Waals surface area contributed by atoms with E-state index in [-0.39, 0.29) is 40.4 Å². The van der Waals surface area contributed by atoms with Gasteiger partial charge in [-0.15, -0.1) is 0 Å². The average Bonchev–Trinajstić information content (AvgIpc) is 1.65. The topological polar surface area (TPSA) is 228 Å². The molecule has 0 N–H and O–H groups in total. The molecule has 2 unspecified atom stereocenters. The second-order valence-electron chi connectivity index (χ2n) is 1.99. The zero-order valence-corrected chi connectivity index (χ0v) is 14.4. The standard InChI is InChI=1S/Al.Mg.H5O13P3S/c;;1-14(2,3)11-15(4,5)12-16(6,7)13-17(8,9)10/h;;(H,4,5)(H,6,7)(H2,1,2,3)(H,8,9,10)/q+3;+2;/p-5. The second kappa shape index (κ2) is 8.30. The number of rotatable bonds is 6. The van der Waals surface area contributed by atoms with E-state index < -0.39 is 33.9 Å². The van der Waals surface area contributed by atoms with Gasteiger partial charge in [-0.25, -0.2) is 16.7 Å². The molecule has 19 heavy (non-hydrogen) atoms. The zero-order valence-electron chi connectivity index (χ0n) is 8.34. The Morgan fingerprint density at radius 2 is 1.21 bits per heavy atom. The molecule has 0 heterocycles. The van der Waals surface area contributed by atoms with Gasteiger partial charge in [-0.05, 0) is 0 Å². The van der Waals surface area contributed by atoms with Crippen molar-refractivity contribution in [1.82, 2.24) is 0 Å². The summed E-state index contributed by atoms with van der Waals surface area (Å²) in [6.45, 7) is 0. The zero-order chi connectivity index (χ0) is 14.1. The Kier molecular flexibility index (Phi) is 11.2. The van der Waals surface area contributed by atoms with Gasteiger partial charge >= 0.3 is 40.4 Å². The Bertz CT molecular complexity index is 514. The predicted octanol–water partition coefficient (Wildman–Crippen LogP) is -4.50. The van der Waals surface area contributed by atoms with Crippen LogP contribution in [-0.2, 0) is 36.7 Å². The van der Waals surface area contributed by atoms with Crippen LogP contribution in [0.15, 0.2) is 0 Å². The minimum absolute atomic E-state index is 0. The fourth-order valence-corrected chi connectivity index (χ4v) is 3.98. The van der Waals surface area contributed by atoms with Crippen LogP contribution in [0.4, 0.5) is 0 Å². The van der Waals surface area contributed by atoms with Gasteiger partial charge in [-0.2, -0.15) is 0 Å². The molecule has 0 spiro atoms. The molecule has 0 saturated heterocycles. The fraction of sp³-hybridized carbons (Fsp3) is 0. The van der Waals surface area contributed by atoms with Crippen LogP contribution >= 0.6 is 23.5 Å². The Balaban J connectivity index is -0.00000128. The third kappa shape index (κ3) is 15.8. The molecule has 0 aromatic carbocycles. The molecular weight excluding hydrogens is 384 g/mol. The van der Waals surface area contributed by atoms with Gasteiger partial charge < -0.3 is 28.7 Å². The Morgan fingerprint density at radius 1 is 0.842 bits per heavy atom. The number of hydrogen-bond acceptors (Lipinski definition) is 13. The van der Waals surface area contributed by atoms with Crippen molar-refractivity contribution in [2.75, 3.05) is 0 Å². The predicted molar refractivity (Wildman–Crippen MR) is 47.3 cm³/mol. The van der Waals surface area contributed by atoms with E-state index in [1.54, 1.807) is 0 Å². The van der Waals surface area contributed by atoms with Crippen LogP contribution < -0.4 is 19.6 Å². The van der Waals surface area contributed by atoms with Crippen LogP contribution in [0.2, 0.25) is 0 Å². The molecule has 19 heteroatoms. The van der Waals surface area contributed by atoms with Crippen molar-refractivity contribution >= 4 is 74.3 Å². The van der Waals surface area contributed by atoms with Crippen molar-refractivity contribution in [3.63, 3.8) is 0 Å². The monoisotopic (exact) mass is 384 g/mol. The first-order valence-corrected chi connectivity index (χ1v) is 8.57. The van der Waals surface area contributed by atoms with E-state index >= 15 is 0 Å². The van der Waals surface area contributed by atoms with Gasteiger partial charge in [-0.3, -0.25) is 13.4 Å². The van der Waals surface area contributed by atoms with Crippen LogP contribution in [0.1, 0.15) is 0 Å². The minimum atomic E-state index is -6.27.